The average molecular weight is 496 g/mol. The molecule has 3 N–H and O–H groups in total. The Hall–Kier alpha value is -3.12. The highest BCUT2D eigenvalue weighted by Gasteiger charge is 2.35. The standard InChI is InChI=1S/C32H37N3O2/c1-22-11-12-27-28(32(22)36)17-30(37-31(27)18-33)24-13-15-34(16-14-24)20-25-21-35(19-23-7-3-2-4-8-23)29-10-6-5-9-26(25)29/h2-12,21,24,30-31,36H,13-20,33H2,1H3. The minimum Gasteiger partial charge on any atom is -0.507 e. The van der Waals surface area contributed by atoms with Crippen LogP contribution in [0.1, 0.15) is 46.8 Å². The van der Waals surface area contributed by atoms with Crippen molar-refractivity contribution in [2.24, 2.45) is 11.7 Å². The number of nitrogens with zero attached hydrogens (tertiary/aromatic N) is 2. The maximum atomic E-state index is 10.8. The van der Waals surface area contributed by atoms with Gasteiger partial charge < -0.3 is 20.1 Å². The molecular formula is C32H37N3O2. The first-order chi connectivity index (χ1) is 18.1. The second kappa shape index (κ2) is 10.3. The zero-order valence-electron chi connectivity index (χ0n) is 21.6. The molecule has 0 radical (unpaired) electrons. The quantitative estimate of drug-likeness (QED) is 0.368. The van der Waals surface area contributed by atoms with Crippen molar-refractivity contribution in [1.29, 1.82) is 0 Å². The Kier molecular flexibility index (Phi) is 6.76. The predicted molar refractivity (Wildman–Crippen MR) is 149 cm³/mol. The molecule has 3 heterocycles. The third kappa shape index (κ3) is 4.79. The number of fused-ring (bicyclic) bond motifs is 2. The fourth-order valence-electron chi connectivity index (χ4n) is 6.36. The number of hydrogen-bond donors (Lipinski definition) is 2. The third-order valence-corrected chi connectivity index (χ3v) is 8.44. The summed E-state index contributed by atoms with van der Waals surface area (Å²) in [6, 6.07) is 23.5. The molecule has 2 atom stereocenters. The molecule has 1 saturated heterocycles. The van der Waals surface area contributed by atoms with Crippen molar-refractivity contribution in [2.75, 3.05) is 19.6 Å². The number of ether oxygens (including phenoxy) is 1. The van der Waals surface area contributed by atoms with Gasteiger partial charge in [-0.3, -0.25) is 4.90 Å². The van der Waals surface area contributed by atoms with E-state index in [2.05, 4.69) is 76.3 Å². The van der Waals surface area contributed by atoms with Crippen molar-refractivity contribution >= 4 is 10.9 Å². The van der Waals surface area contributed by atoms with Gasteiger partial charge in [0.15, 0.2) is 0 Å². The molecule has 2 aliphatic rings. The van der Waals surface area contributed by atoms with Crippen LogP contribution in [0.5, 0.6) is 5.75 Å². The van der Waals surface area contributed by atoms with Gasteiger partial charge in [-0.15, -0.1) is 0 Å². The minimum absolute atomic E-state index is 0.115. The molecular weight excluding hydrogens is 458 g/mol. The predicted octanol–water partition coefficient (Wildman–Crippen LogP) is 5.56. The fraction of sp³-hybridized carbons (Fsp3) is 0.375. The van der Waals surface area contributed by atoms with Crippen molar-refractivity contribution in [3.8, 4) is 5.75 Å². The molecule has 1 fully saturated rings. The molecule has 0 saturated carbocycles. The molecule has 0 spiro atoms. The molecule has 0 aliphatic carbocycles. The first-order valence-corrected chi connectivity index (χ1v) is 13.6. The Morgan fingerprint density at radius 3 is 2.49 bits per heavy atom. The van der Waals surface area contributed by atoms with Crippen molar-refractivity contribution in [3.05, 3.63) is 101 Å². The van der Waals surface area contributed by atoms with Crippen LogP contribution >= 0.6 is 0 Å². The van der Waals surface area contributed by atoms with Gasteiger partial charge in [0.05, 0.1) is 12.2 Å². The van der Waals surface area contributed by atoms with Crippen LogP contribution in [0.4, 0.5) is 0 Å². The van der Waals surface area contributed by atoms with Gasteiger partial charge in [0.1, 0.15) is 5.75 Å². The van der Waals surface area contributed by atoms with Gasteiger partial charge in [-0.1, -0.05) is 60.7 Å². The Balaban J connectivity index is 1.14. The minimum atomic E-state index is -0.131. The second-order valence-electron chi connectivity index (χ2n) is 10.8. The van der Waals surface area contributed by atoms with E-state index in [1.807, 2.05) is 13.0 Å². The second-order valence-corrected chi connectivity index (χ2v) is 10.8. The molecule has 192 valence electrons. The number of phenols is 1. The number of phenolic OH excluding ortho intramolecular Hbond substituents is 1. The number of hydrogen-bond acceptors (Lipinski definition) is 4. The summed E-state index contributed by atoms with van der Waals surface area (Å²) < 4.78 is 8.90. The fourth-order valence-corrected chi connectivity index (χ4v) is 6.36. The van der Waals surface area contributed by atoms with E-state index < -0.39 is 0 Å². The topological polar surface area (TPSA) is 63.6 Å². The molecule has 1 aromatic heterocycles. The highest BCUT2D eigenvalue weighted by Crippen LogP contribution is 2.40. The van der Waals surface area contributed by atoms with Gasteiger partial charge in [0.25, 0.3) is 0 Å². The summed E-state index contributed by atoms with van der Waals surface area (Å²) in [5.74, 6) is 0.909. The smallest absolute Gasteiger partial charge is 0.122 e. The van der Waals surface area contributed by atoms with Crippen LogP contribution in [0.3, 0.4) is 0 Å². The van der Waals surface area contributed by atoms with Crippen LogP contribution in [-0.4, -0.2) is 40.3 Å². The lowest BCUT2D eigenvalue weighted by molar-refractivity contribution is -0.0651. The monoisotopic (exact) mass is 495 g/mol. The number of para-hydroxylation sites is 1. The molecule has 5 nitrogen and oxygen atoms in total. The van der Waals surface area contributed by atoms with Crippen LogP contribution in [0.2, 0.25) is 0 Å². The van der Waals surface area contributed by atoms with Gasteiger partial charge >= 0.3 is 0 Å². The number of nitrogens with two attached hydrogens (primary N) is 1. The van der Waals surface area contributed by atoms with E-state index in [-0.39, 0.29) is 12.2 Å². The van der Waals surface area contributed by atoms with E-state index in [1.54, 1.807) is 0 Å². The van der Waals surface area contributed by atoms with E-state index in [1.165, 1.54) is 22.0 Å². The number of aromatic nitrogens is 1. The summed E-state index contributed by atoms with van der Waals surface area (Å²) in [6.45, 7) is 6.38. The Labute approximate surface area is 219 Å². The van der Waals surface area contributed by atoms with Gasteiger partial charge in [0.2, 0.25) is 0 Å². The zero-order valence-corrected chi connectivity index (χ0v) is 21.6. The van der Waals surface area contributed by atoms with E-state index >= 15 is 0 Å². The summed E-state index contributed by atoms with van der Waals surface area (Å²) in [4.78, 5) is 2.59. The zero-order chi connectivity index (χ0) is 25.4. The number of aryl methyl sites for hydroxylation is 1. The van der Waals surface area contributed by atoms with E-state index in [9.17, 15) is 5.11 Å². The number of piperidine rings is 1. The van der Waals surface area contributed by atoms with Crippen molar-refractivity contribution in [1.82, 2.24) is 9.47 Å². The number of benzene rings is 3. The lowest BCUT2D eigenvalue weighted by Gasteiger charge is -2.40. The maximum absolute atomic E-state index is 10.8. The van der Waals surface area contributed by atoms with Crippen LogP contribution < -0.4 is 5.73 Å². The first kappa shape index (κ1) is 24.2. The molecule has 3 aromatic carbocycles. The lowest BCUT2D eigenvalue weighted by Crippen LogP contribution is -2.41. The SMILES string of the molecule is Cc1ccc2c(c1O)CC(C1CCN(Cc3cn(Cc4ccccc4)c4ccccc34)CC1)OC2CN. The number of rotatable bonds is 6. The van der Waals surface area contributed by atoms with Gasteiger partial charge in [-0.05, 0) is 67.1 Å². The Morgan fingerprint density at radius 2 is 1.70 bits per heavy atom. The highest BCUT2D eigenvalue weighted by atomic mass is 16.5. The van der Waals surface area contributed by atoms with Gasteiger partial charge in [0, 0.05) is 48.7 Å². The first-order valence-electron chi connectivity index (χ1n) is 13.6. The number of aromatic hydroxyl groups is 1. The number of likely N-dealkylation sites (tertiary alicyclic amines) is 1. The summed E-state index contributed by atoms with van der Waals surface area (Å²) in [7, 11) is 0. The van der Waals surface area contributed by atoms with Crippen molar-refractivity contribution in [3.63, 3.8) is 0 Å². The maximum Gasteiger partial charge on any atom is 0.122 e. The lowest BCUT2D eigenvalue weighted by atomic mass is 9.83. The molecule has 5 heteroatoms. The van der Waals surface area contributed by atoms with E-state index in [0.717, 1.165) is 62.1 Å². The van der Waals surface area contributed by atoms with Crippen LogP contribution in [0.15, 0.2) is 72.9 Å². The van der Waals surface area contributed by atoms with Crippen molar-refractivity contribution in [2.45, 2.75) is 51.5 Å². The molecule has 2 unspecified atom stereocenters. The van der Waals surface area contributed by atoms with Crippen LogP contribution in [0, 0.1) is 12.8 Å². The average Bonchev–Trinajstić information content (AvgIpc) is 3.28. The van der Waals surface area contributed by atoms with Gasteiger partial charge in [-0.2, -0.15) is 0 Å². The highest BCUT2D eigenvalue weighted by molar-refractivity contribution is 5.84. The van der Waals surface area contributed by atoms with Crippen molar-refractivity contribution < 1.29 is 9.84 Å². The summed E-state index contributed by atoms with van der Waals surface area (Å²) in [6.07, 6.45) is 5.32. The van der Waals surface area contributed by atoms with E-state index in [0.29, 0.717) is 18.2 Å². The summed E-state index contributed by atoms with van der Waals surface area (Å²) >= 11 is 0. The van der Waals surface area contributed by atoms with Crippen LogP contribution in [0.25, 0.3) is 10.9 Å². The van der Waals surface area contributed by atoms with E-state index in [4.69, 9.17) is 10.5 Å². The molecule has 0 amide bonds. The normalized spacial score (nSPS) is 20.8. The van der Waals surface area contributed by atoms with Gasteiger partial charge in [-0.25, -0.2) is 0 Å². The van der Waals surface area contributed by atoms with Crippen LogP contribution in [-0.2, 0) is 24.2 Å². The molecule has 0 bridgehead atoms. The molecule has 2 aliphatic heterocycles. The largest absolute Gasteiger partial charge is 0.507 e. The molecule has 6 rings (SSSR count). The summed E-state index contributed by atoms with van der Waals surface area (Å²) in [5, 5.41) is 12.1. The molecule has 4 aromatic rings. The third-order valence-electron chi connectivity index (χ3n) is 8.44. The molecule has 37 heavy (non-hydrogen) atoms. The Morgan fingerprint density at radius 1 is 0.946 bits per heavy atom. The Bertz CT molecular complexity index is 1370. The summed E-state index contributed by atoms with van der Waals surface area (Å²) in [5.41, 5.74) is 13.1.